The monoisotopic (exact) mass is 424 g/mol. The van der Waals surface area contributed by atoms with Gasteiger partial charge < -0.3 is 10.1 Å². The number of halogens is 1. The van der Waals surface area contributed by atoms with Gasteiger partial charge in [-0.05, 0) is 51.1 Å². The van der Waals surface area contributed by atoms with Crippen LogP contribution in [0.5, 0.6) is 5.75 Å². The predicted molar refractivity (Wildman–Crippen MR) is 107 cm³/mol. The number of hydrogen-bond acceptors (Lipinski definition) is 5. The van der Waals surface area contributed by atoms with Crippen molar-refractivity contribution >= 4 is 39.0 Å². The number of hydrogen-bond donors (Lipinski definition) is 2. The van der Waals surface area contributed by atoms with Crippen molar-refractivity contribution in [1.82, 2.24) is 4.72 Å². The van der Waals surface area contributed by atoms with Gasteiger partial charge in [0, 0.05) is 11.3 Å². The van der Waals surface area contributed by atoms with E-state index < -0.39 is 22.0 Å². The van der Waals surface area contributed by atoms with Crippen LogP contribution in [0.1, 0.15) is 31.1 Å². The number of ether oxygens (including phenoxy) is 1. The van der Waals surface area contributed by atoms with Crippen LogP contribution in [0.3, 0.4) is 0 Å². The molecule has 2 rings (SSSR count). The van der Waals surface area contributed by atoms with Gasteiger partial charge in [0.15, 0.2) is 5.78 Å². The number of carbonyl (C=O) groups is 2. The minimum Gasteiger partial charge on any atom is -0.492 e. The Labute approximate surface area is 169 Å². The lowest BCUT2D eigenvalue weighted by molar-refractivity contribution is -0.117. The Bertz CT molecular complexity index is 992. The van der Waals surface area contributed by atoms with Gasteiger partial charge in [0.2, 0.25) is 15.9 Å². The number of amides is 1. The van der Waals surface area contributed by atoms with E-state index in [2.05, 4.69) is 10.0 Å². The SMILES string of the molecule is CCOc1ccc(S(=O)(=O)N[C@H](C)C(=O)Nc2cccc(C(C)=O)c2)cc1Cl. The molecule has 0 aromatic heterocycles. The molecule has 1 atom stereocenters. The molecule has 28 heavy (non-hydrogen) atoms. The molecule has 0 saturated carbocycles. The van der Waals surface area contributed by atoms with Crippen molar-refractivity contribution < 1.29 is 22.7 Å². The summed E-state index contributed by atoms with van der Waals surface area (Å²) in [5.74, 6) is -0.335. The quantitative estimate of drug-likeness (QED) is 0.633. The van der Waals surface area contributed by atoms with Crippen molar-refractivity contribution in [1.29, 1.82) is 0 Å². The van der Waals surface area contributed by atoms with Crippen molar-refractivity contribution in [2.45, 2.75) is 31.7 Å². The van der Waals surface area contributed by atoms with Crippen LogP contribution in [-0.2, 0) is 14.8 Å². The van der Waals surface area contributed by atoms with Gasteiger partial charge in [-0.2, -0.15) is 4.72 Å². The molecule has 2 aromatic rings. The van der Waals surface area contributed by atoms with Crippen molar-refractivity contribution in [3.05, 3.63) is 53.1 Å². The van der Waals surface area contributed by atoms with Crippen molar-refractivity contribution in [2.24, 2.45) is 0 Å². The number of sulfonamides is 1. The summed E-state index contributed by atoms with van der Waals surface area (Å²) >= 11 is 6.04. The number of anilines is 1. The maximum absolute atomic E-state index is 12.5. The molecule has 2 N–H and O–H groups in total. The average Bonchev–Trinajstić information content (AvgIpc) is 2.63. The molecule has 0 heterocycles. The Morgan fingerprint density at radius 1 is 1.18 bits per heavy atom. The van der Waals surface area contributed by atoms with Crippen LogP contribution in [0.2, 0.25) is 5.02 Å². The van der Waals surface area contributed by atoms with Crippen LogP contribution in [0.4, 0.5) is 5.69 Å². The molecule has 0 saturated heterocycles. The topological polar surface area (TPSA) is 102 Å². The zero-order valence-corrected chi connectivity index (χ0v) is 17.2. The standard InChI is InChI=1S/C19H21ClN2O5S/c1-4-27-18-9-8-16(11-17(18)20)28(25,26)22-12(2)19(24)21-15-7-5-6-14(10-15)13(3)23/h5-12,22H,4H2,1-3H3,(H,21,24)/t12-/m1/s1. The normalized spacial score (nSPS) is 12.3. The van der Waals surface area contributed by atoms with E-state index in [9.17, 15) is 18.0 Å². The van der Waals surface area contributed by atoms with Crippen LogP contribution in [-0.4, -0.2) is 32.8 Å². The minimum atomic E-state index is -3.98. The number of nitrogens with one attached hydrogen (secondary N) is 2. The maximum atomic E-state index is 12.5. The summed E-state index contributed by atoms with van der Waals surface area (Å²) in [6, 6.07) is 9.39. The first-order valence-electron chi connectivity index (χ1n) is 8.50. The maximum Gasteiger partial charge on any atom is 0.242 e. The third kappa shape index (κ3) is 5.54. The van der Waals surface area contributed by atoms with Gasteiger partial charge >= 0.3 is 0 Å². The molecule has 7 nitrogen and oxygen atoms in total. The fourth-order valence-electron chi connectivity index (χ4n) is 2.34. The highest BCUT2D eigenvalue weighted by atomic mass is 35.5. The molecule has 0 aliphatic heterocycles. The van der Waals surface area contributed by atoms with Gasteiger partial charge in [-0.25, -0.2) is 8.42 Å². The molecule has 0 spiro atoms. The van der Waals surface area contributed by atoms with Gasteiger partial charge in [-0.3, -0.25) is 9.59 Å². The van der Waals surface area contributed by atoms with Gasteiger partial charge in [0.1, 0.15) is 5.75 Å². The molecule has 9 heteroatoms. The second-order valence-electron chi connectivity index (χ2n) is 5.99. The van der Waals surface area contributed by atoms with Crippen LogP contribution in [0.15, 0.2) is 47.4 Å². The predicted octanol–water partition coefficient (Wildman–Crippen LogP) is 3.25. The Kier molecular flexibility index (Phi) is 7.17. The zero-order valence-electron chi connectivity index (χ0n) is 15.7. The first-order chi connectivity index (χ1) is 13.1. The van der Waals surface area contributed by atoms with E-state index in [4.69, 9.17) is 16.3 Å². The molecule has 0 fully saturated rings. The molecular formula is C19H21ClN2O5S. The van der Waals surface area contributed by atoms with Crippen molar-refractivity contribution in [2.75, 3.05) is 11.9 Å². The highest BCUT2D eigenvalue weighted by Crippen LogP contribution is 2.27. The van der Waals surface area contributed by atoms with E-state index in [1.165, 1.54) is 38.1 Å². The van der Waals surface area contributed by atoms with Crippen LogP contribution in [0, 0.1) is 0 Å². The Balaban J connectivity index is 2.11. The molecule has 0 unspecified atom stereocenters. The highest BCUT2D eigenvalue weighted by Gasteiger charge is 2.23. The average molecular weight is 425 g/mol. The Morgan fingerprint density at radius 2 is 1.89 bits per heavy atom. The fraction of sp³-hybridized carbons (Fsp3) is 0.263. The molecule has 0 bridgehead atoms. The summed E-state index contributed by atoms with van der Waals surface area (Å²) in [6.45, 7) is 5.01. The van der Waals surface area contributed by atoms with E-state index in [1.807, 2.05) is 0 Å². The van der Waals surface area contributed by atoms with Crippen LogP contribution in [0.25, 0.3) is 0 Å². The Morgan fingerprint density at radius 3 is 2.50 bits per heavy atom. The van der Waals surface area contributed by atoms with Gasteiger partial charge in [-0.15, -0.1) is 0 Å². The second-order valence-corrected chi connectivity index (χ2v) is 8.12. The Hall–Kier alpha value is -2.42. The van der Waals surface area contributed by atoms with E-state index in [-0.39, 0.29) is 15.7 Å². The molecule has 0 radical (unpaired) electrons. The van der Waals surface area contributed by atoms with Crippen molar-refractivity contribution in [3.8, 4) is 5.75 Å². The van der Waals surface area contributed by atoms with Crippen LogP contribution >= 0.6 is 11.6 Å². The number of rotatable bonds is 8. The lowest BCUT2D eigenvalue weighted by Gasteiger charge is -2.15. The molecule has 0 aliphatic rings. The lowest BCUT2D eigenvalue weighted by atomic mass is 10.1. The number of Topliss-reactive ketones (excluding diaryl/α,β-unsaturated/α-hetero) is 1. The minimum absolute atomic E-state index is 0.0841. The van der Waals surface area contributed by atoms with Gasteiger partial charge in [0.05, 0.1) is 22.6 Å². The summed E-state index contributed by atoms with van der Waals surface area (Å²) in [7, 11) is -3.98. The summed E-state index contributed by atoms with van der Waals surface area (Å²) in [5, 5.41) is 2.74. The lowest BCUT2D eigenvalue weighted by Crippen LogP contribution is -2.41. The first kappa shape index (κ1) is 21.9. The second kappa shape index (κ2) is 9.18. The molecule has 150 valence electrons. The largest absolute Gasteiger partial charge is 0.492 e. The highest BCUT2D eigenvalue weighted by molar-refractivity contribution is 7.89. The van der Waals surface area contributed by atoms with Crippen LogP contribution < -0.4 is 14.8 Å². The summed E-state index contributed by atoms with van der Waals surface area (Å²) in [5.41, 5.74) is 0.836. The number of carbonyl (C=O) groups excluding carboxylic acids is 2. The molecule has 0 aliphatic carbocycles. The molecular weight excluding hydrogens is 404 g/mol. The zero-order chi connectivity index (χ0) is 20.9. The van der Waals surface area contributed by atoms with Crippen molar-refractivity contribution in [3.63, 3.8) is 0 Å². The third-order valence-corrected chi connectivity index (χ3v) is 5.61. The summed E-state index contributed by atoms with van der Waals surface area (Å²) < 4.78 is 32.6. The van der Waals surface area contributed by atoms with E-state index in [1.54, 1.807) is 25.1 Å². The smallest absolute Gasteiger partial charge is 0.242 e. The number of ketones is 1. The molecule has 2 aromatic carbocycles. The van der Waals surface area contributed by atoms with E-state index in [0.29, 0.717) is 23.6 Å². The van der Waals surface area contributed by atoms with E-state index >= 15 is 0 Å². The summed E-state index contributed by atoms with van der Waals surface area (Å²) in [6.07, 6.45) is 0. The molecule has 1 amide bonds. The third-order valence-electron chi connectivity index (χ3n) is 3.78. The number of benzene rings is 2. The fourth-order valence-corrected chi connectivity index (χ4v) is 3.87. The van der Waals surface area contributed by atoms with Gasteiger partial charge in [0.25, 0.3) is 0 Å². The first-order valence-corrected chi connectivity index (χ1v) is 10.4. The summed E-state index contributed by atoms with van der Waals surface area (Å²) in [4.78, 5) is 23.7. The van der Waals surface area contributed by atoms with E-state index in [0.717, 1.165) is 0 Å². The van der Waals surface area contributed by atoms with Gasteiger partial charge in [-0.1, -0.05) is 23.7 Å².